The van der Waals surface area contributed by atoms with E-state index in [-0.39, 0.29) is 36.8 Å². The van der Waals surface area contributed by atoms with Crippen LogP contribution in [0.15, 0.2) is 143 Å². The van der Waals surface area contributed by atoms with Gasteiger partial charge < -0.3 is 38.2 Å². The van der Waals surface area contributed by atoms with Gasteiger partial charge in [0.25, 0.3) is 5.91 Å². The molecule has 0 aliphatic heterocycles. The summed E-state index contributed by atoms with van der Waals surface area (Å²) in [6, 6.07) is 39.9. The van der Waals surface area contributed by atoms with Crippen LogP contribution in [0.3, 0.4) is 0 Å². The normalized spacial score (nSPS) is 10.7. The third-order valence-corrected chi connectivity index (χ3v) is 10.6. The summed E-state index contributed by atoms with van der Waals surface area (Å²) in [6.07, 6.45) is -0.0642. The molecule has 0 aliphatic rings. The molecule has 3 amide bonds. The van der Waals surface area contributed by atoms with Crippen molar-refractivity contribution in [2.45, 2.75) is 66.2 Å². The zero-order valence-electron chi connectivity index (χ0n) is 39.9. The summed E-state index contributed by atoms with van der Waals surface area (Å²) in [7, 11) is 4.60. The molecule has 0 saturated carbocycles. The van der Waals surface area contributed by atoms with Gasteiger partial charge >= 0.3 is 11.8 Å². The number of methoxy groups -OCH3 is 2. The first-order valence-electron chi connectivity index (χ1n) is 22.2. The van der Waals surface area contributed by atoms with Crippen LogP contribution >= 0.6 is 23.2 Å². The van der Waals surface area contributed by atoms with E-state index in [0.717, 1.165) is 22.3 Å². The summed E-state index contributed by atoms with van der Waals surface area (Å²) in [4.78, 5) is 37.8. The summed E-state index contributed by atoms with van der Waals surface area (Å²) >= 11 is 12.6. The highest BCUT2D eigenvalue weighted by Gasteiger charge is 2.20. The van der Waals surface area contributed by atoms with Crippen LogP contribution in [0.2, 0.25) is 10.0 Å². The fourth-order valence-corrected chi connectivity index (χ4v) is 7.12. The van der Waals surface area contributed by atoms with Gasteiger partial charge in [-0.25, -0.2) is 14.6 Å². The Balaban J connectivity index is 0.000000230. The van der Waals surface area contributed by atoms with Gasteiger partial charge in [-0.1, -0.05) is 96.0 Å². The molecule has 6 aromatic carbocycles. The summed E-state index contributed by atoms with van der Waals surface area (Å²) in [5, 5.41) is 8.75. The van der Waals surface area contributed by atoms with E-state index in [0.29, 0.717) is 63.3 Å². The average molecular weight is 993 g/mol. The van der Waals surface area contributed by atoms with Gasteiger partial charge in [0.05, 0.1) is 49.6 Å². The van der Waals surface area contributed by atoms with Crippen LogP contribution in [-0.4, -0.2) is 60.2 Å². The molecule has 0 atom stereocenters. The van der Waals surface area contributed by atoms with Crippen LogP contribution in [-0.2, 0) is 26.3 Å². The zero-order chi connectivity index (χ0) is 50.2. The third kappa shape index (κ3) is 14.7. The zero-order valence-corrected chi connectivity index (χ0v) is 41.4. The van der Waals surface area contributed by atoms with Crippen molar-refractivity contribution >= 4 is 35.1 Å². The topological polar surface area (TPSA) is 165 Å². The first-order valence-corrected chi connectivity index (χ1v) is 23.0. The van der Waals surface area contributed by atoms with Crippen molar-refractivity contribution in [2.24, 2.45) is 0 Å². The lowest BCUT2D eigenvalue weighted by molar-refractivity contribution is 0.0818. The Morgan fingerprint density at radius 1 is 0.643 bits per heavy atom. The van der Waals surface area contributed by atoms with Crippen molar-refractivity contribution in [3.8, 4) is 46.0 Å². The van der Waals surface area contributed by atoms with Crippen molar-refractivity contribution in [3.05, 3.63) is 182 Å². The molecule has 0 fully saturated rings. The minimum atomic E-state index is -0.572. The Morgan fingerprint density at radius 2 is 1.16 bits per heavy atom. The van der Waals surface area contributed by atoms with Gasteiger partial charge in [0.2, 0.25) is 5.89 Å². The van der Waals surface area contributed by atoms with Crippen molar-refractivity contribution in [1.29, 1.82) is 0 Å². The maximum Gasteiger partial charge on any atom is 0.437 e. The minimum absolute atomic E-state index is 0.00684. The molecule has 0 aliphatic carbocycles. The van der Waals surface area contributed by atoms with Gasteiger partial charge in [0.15, 0.2) is 23.0 Å². The number of halogens is 2. The Kier molecular flexibility index (Phi) is 18.6. The molecule has 0 radical (unpaired) electrons. The lowest BCUT2D eigenvalue weighted by Gasteiger charge is -2.23. The monoisotopic (exact) mass is 991 g/mol. The van der Waals surface area contributed by atoms with Crippen LogP contribution in [0, 0.1) is 0 Å². The minimum Gasteiger partial charge on any atom is -0.493 e. The van der Waals surface area contributed by atoms with Crippen LogP contribution < -0.4 is 44.9 Å². The van der Waals surface area contributed by atoms with Gasteiger partial charge in [0, 0.05) is 18.2 Å². The lowest BCUT2D eigenvalue weighted by Crippen LogP contribution is -2.49. The number of hydrogen-bond acceptors (Lipinski definition) is 11. The summed E-state index contributed by atoms with van der Waals surface area (Å²) in [5.41, 5.74) is 7.11. The standard InChI is InChI=1S/C27H30ClN3O5.C26H25ClN2O5/c1-18(2)36-23-13-11-21(15-22(23)28)26(32)30-31(27(33)29-3)16-20-10-12-24(25(14-20)34-4)35-17-19-8-6-5-7-9-19;1-17(2)33-22-12-10-20(14-21(22)27)25-28-29(26(30)34-25)15-19-9-11-23(24(13-19)31-3)32-16-18-7-5-4-6-8-18/h5-15,18H,16-17H2,1-4H3,(H,29,33)(H,30,32);4-14,17H,15-16H2,1-3H3. The lowest BCUT2D eigenvalue weighted by atomic mass is 10.2. The smallest absolute Gasteiger partial charge is 0.437 e. The molecule has 0 unspecified atom stereocenters. The fourth-order valence-electron chi connectivity index (χ4n) is 6.67. The molecule has 7 rings (SSSR count). The molecule has 70 heavy (non-hydrogen) atoms. The number of amides is 3. The molecular formula is C53H55Cl2N5O10. The van der Waals surface area contributed by atoms with Gasteiger partial charge in [0.1, 0.15) is 24.7 Å². The number of hydrazine groups is 1. The van der Waals surface area contributed by atoms with Crippen molar-refractivity contribution < 1.29 is 42.4 Å². The number of ether oxygens (including phenoxy) is 6. The Hall–Kier alpha value is -7.62. The molecule has 15 nitrogen and oxygen atoms in total. The van der Waals surface area contributed by atoms with Gasteiger partial charge in [-0.2, -0.15) is 4.68 Å². The highest BCUT2D eigenvalue weighted by atomic mass is 35.5. The number of urea groups is 1. The van der Waals surface area contributed by atoms with E-state index < -0.39 is 17.7 Å². The van der Waals surface area contributed by atoms with Crippen LogP contribution in [0.4, 0.5) is 4.79 Å². The second-order valence-corrected chi connectivity index (χ2v) is 16.9. The van der Waals surface area contributed by atoms with Gasteiger partial charge in [-0.15, -0.1) is 5.10 Å². The summed E-state index contributed by atoms with van der Waals surface area (Å²) in [5.74, 6) is 2.41. The van der Waals surface area contributed by atoms with E-state index in [1.807, 2.05) is 107 Å². The Bertz CT molecular complexity index is 2890. The number of hydrogen-bond donors (Lipinski definition) is 2. The molecule has 0 spiro atoms. The second kappa shape index (κ2) is 25.1. The number of aromatic nitrogens is 2. The number of benzene rings is 6. The quantitative estimate of drug-likeness (QED) is 0.0786. The number of nitrogens with zero attached hydrogens (tertiary/aromatic N) is 3. The molecule has 1 aromatic heterocycles. The van der Waals surface area contributed by atoms with Crippen molar-refractivity contribution in [1.82, 2.24) is 25.5 Å². The molecule has 2 N–H and O–H groups in total. The average Bonchev–Trinajstić information content (AvgIpc) is 3.73. The highest BCUT2D eigenvalue weighted by Crippen LogP contribution is 2.33. The highest BCUT2D eigenvalue weighted by molar-refractivity contribution is 6.32. The number of nitrogens with one attached hydrogen (secondary N) is 2. The predicted octanol–water partition coefficient (Wildman–Crippen LogP) is 10.8. The van der Waals surface area contributed by atoms with E-state index in [9.17, 15) is 14.4 Å². The molecule has 1 heterocycles. The first-order chi connectivity index (χ1) is 33.7. The van der Waals surface area contributed by atoms with E-state index in [1.165, 1.54) is 22.8 Å². The number of carbonyl (C=O) groups is 2. The van der Waals surface area contributed by atoms with Gasteiger partial charge in [-0.05, 0) is 111 Å². The number of carbonyl (C=O) groups excluding carboxylic acids is 2. The van der Waals surface area contributed by atoms with Crippen LogP contribution in [0.1, 0.15) is 60.3 Å². The van der Waals surface area contributed by atoms with E-state index in [4.69, 9.17) is 56.0 Å². The van der Waals surface area contributed by atoms with Gasteiger partial charge in [-0.3, -0.25) is 10.2 Å². The SMILES string of the molecule is CNC(=O)N(Cc1ccc(OCc2ccccc2)c(OC)c1)NC(=O)c1ccc(OC(C)C)c(Cl)c1.COc1cc(Cn2nc(-c3ccc(OC(C)C)c(Cl)c3)oc2=O)ccc1OCc1ccccc1. The Morgan fingerprint density at radius 3 is 1.67 bits per heavy atom. The maximum absolute atomic E-state index is 12.9. The number of rotatable bonds is 18. The molecule has 366 valence electrons. The largest absolute Gasteiger partial charge is 0.493 e. The van der Waals surface area contributed by atoms with Crippen molar-refractivity contribution in [3.63, 3.8) is 0 Å². The summed E-state index contributed by atoms with van der Waals surface area (Å²) < 4.78 is 40.6. The second-order valence-electron chi connectivity index (χ2n) is 16.1. The maximum atomic E-state index is 12.9. The summed E-state index contributed by atoms with van der Waals surface area (Å²) in [6.45, 7) is 8.71. The van der Waals surface area contributed by atoms with E-state index in [1.54, 1.807) is 62.8 Å². The molecular weight excluding hydrogens is 938 g/mol. The predicted molar refractivity (Wildman–Crippen MR) is 268 cm³/mol. The van der Waals surface area contributed by atoms with E-state index in [2.05, 4.69) is 15.8 Å². The van der Waals surface area contributed by atoms with Crippen LogP contribution in [0.5, 0.6) is 34.5 Å². The first kappa shape index (κ1) is 51.8. The van der Waals surface area contributed by atoms with Crippen LogP contribution in [0.25, 0.3) is 11.5 Å². The fraction of sp³-hybridized carbons (Fsp3) is 0.245. The molecule has 17 heteroatoms. The molecule has 7 aromatic rings. The Labute approximate surface area is 416 Å². The molecule has 0 bridgehead atoms. The van der Waals surface area contributed by atoms with Crippen molar-refractivity contribution in [2.75, 3.05) is 21.3 Å². The van der Waals surface area contributed by atoms with E-state index >= 15 is 0 Å². The molecule has 0 saturated heterocycles. The third-order valence-electron chi connectivity index (χ3n) is 10.0.